The molecule has 1 atom stereocenters. The van der Waals surface area contributed by atoms with Gasteiger partial charge in [0.15, 0.2) is 0 Å². The Morgan fingerprint density at radius 3 is 2.58 bits per heavy atom. The average molecular weight is 279 g/mol. The second-order valence-electron chi connectivity index (χ2n) is 4.63. The normalized spacial score (nSPS) is 13.4. The van der Waals surface area contributed by atoms with Gasteiger partial charge in [-0.05, 0) is 18.9 Å². The highest BCUT2D eigenvalue weighted by Gasteiger charge is 2.28. The van der Waals surface area contributed by atoms with Gasteiger partial charge >= 0.3 is 0 Å². The van der Waals surface area contributed by atoms with E-state index in [9.17, 15) is 5.11 Å². The van der Waals surface area contributed by atoms with E-state index in [0.717, 1.165) is 5.56 Å². The van der Waals surface area contributed by atoms with Crippen molar-refractivity contribution in [2.45, 2.75) is 25.5 Å². The third kappa shape index (κ3) is 3.69. The molecule has 2 aromatic rings. The lowest BCUT2D eigenvalue weighted by atomic mass is 9.89. The molecule has 0 spiro atoms. The molecule has 0 aliphatic heterocycles. The van der Waals surface area contributed by atoms with Gasteiger partial charge in [0.2, 0.25) is 0 Å². The number of halogens is 1. The number of aryl methyl sites for hydroxylation is 1. The van der Waals surface area contributed by atoms with E-state index in [0.29, 0.717) is 13.0 Å². The fraction of sp³-hybridized carbons (Fsp3) is 0.267. The number of hydrogen-bond donors (Lipinski definition) is 1. The fourth-order valence-electron chi connectivity index (χ4n) is 2.06. The molecule has 3 nitrogen and oxygen atoms in total. The molecule has 0 bridgehead atoms. The summed E-state index contributed by atoms with van der Waals surface area (Å²) in [5, 5.41) is 10.8. The van der Waals surface area contributed by atoms with Gasteiger partial charge < -0.3 is 9.67 Å². The zero-order valence-electron chi connectivity index (χ0n) is 11.0. The van der Waals surface area contributed by atoms with Crippen molar-refractivity contribution < 1.29 is 5.11 Å². The van der Waals surface area contributed by atoms with Crippen LogP contribution >= 0.6 is 12.4 Å². The molecule has 1 N–H and O–H groups in total. The van der Waals surface area contributed by atoms with Crippen molar-refractivity contribution in [1.82, 2.24) is 9.55 Å². The first kappa shape index (κ1) is 15.5. The quantitative estimate of drug-likeness (QED) is 0.854. The van der Waals surface area contributed by atoms with Gasteiger partial charge in [0, 0.05) is 12.4 Å². The van der Waals surface area contributed by atoms with Crippen molar-refractivity contribution in [2.24, 2.45) is 0 Å². The molecule has 0 saturated heterocycles. The molecule has 0 radical (unpaired) electrons. The SMILES string of the molecule is C=CCC(O)(Cn1ccnc1)c1ccc(C)cc1.Cl. The Hall–Kier alpha value is -1.58. The van der Waals surface area contributed by atoms with Crippen LogP contribution in [0.2, 0.25) is 0 Å². The molecule has 4 heteroatoms. The molecule has 1 aromatic heterocycles. The number of imidazole rings is 1. The van der Waals surface area contributed by atoms with Crippen molar-refractivity contribution in [2.75, 3.05) is 0 Å². The molecule has 0 fully saturated rings. The lowest BCUT2D eigenvalue weighted by molar-refractivity contribution is 0.0213. The number of nitrogens with zero attached hydrogens (tertiary/aromatic N) is 2. The van der Waals surface area contributed by atoms with E-state index in [2.05, 4.69) is 11.6 Å². The first-order valence-corrected chi connectivity index (χ1v) is 6.00. The molecule has 0 aliphatic carbocycles. The van der Waals surface area contributed by atoms with Crippen LogP contribution in [0, 0.1) is 6.92 Å². The molecular formula is C15H19ClN2O. The van der Waals surface area contributed by atoms with Gasteiger partial charge in [-0.25, -0.2) is 4.98 Å². The minimum absolute atomic E-state index is 0. The standard InChI is InChI=1S/C15H18N2O.ClH/c1-3-8-15(18,11-17-10-9-16-12-17)14-6-4-13(2)5-7-14;/h3-7,9-10,12,18H,1,8,11H2,2H3;1H. The van der Waals surface area contributed by atoms with Crippen LogP contribution in [0.4, 0.5) is 0 Å². The lowest BCUT2D eigenvalue weighted by Crippen LogP contribution is -2.30. The predicted molar refractivity (Wildman–Crippen MR) is 79.4 cm³/mol. The largest absolute Gasteiger partial charge is 0.383 e. The molecule has 0 saturated carbocycles. The summed E-state index contributed by atoms with van der Waals surface area (Å²) in [5.41, 5.74) is 1.15. The van der Waals surface area contributed by atoms with Crippen molar-refractivity contribution >= 4 is 12.4 Å². The van der Waals surface area contributed by atoms with Crippen LogP contribution in [0.3, 0.4) is 0 Å². The van der Waals surface area contributed by atoms with Crippen molar-refractivity contribution in [3.63, 3.8) is 0 Å². The number of aromatic nitrogens is 2. The summed E-state index contributed by atoms with van der Waals surface area (Å²) in [4.78, 5) is 4.00. The zero-order chi connectivity index (χ0) is 13.0. The minimum Gasteiger partial charge on any atom is -0.383 e. The Labute approximate surface area is 120 Å². The maximum absolute atomic E-state index is 10.8. The van der Waals surface area contributed by atoms with Gasteiger partial charge in [-0.3, -0.25) is 0 Å². The number of hydrogen-bond acceptors (Lipinski definition) is 2. The van der Waals surface area contributed by atoms with E-state index < -0.39 is 5.60 Å². The number of aliphatic hydroxyl groups is 1. The van der Waals surface area contributed by atoms with Gasteiger partial charge in [-0.1, -0.05) is 35.9 Å². The number of benzene rings is 1. The Bertz CT molecular complexity index is 507. The Balaban J connectivity index is 0.00000180. The van der Waals surface area contributed by atoms with Crippen molar-refractivity contribution in [1.29, 1.82) is 0 Å². The second-order valence-corrected chi connectivity index (χ2v) is 4.63. The molecule has 19 heavy (non-hydrogen) atoms. The zero-order valence-corrected chi connectivity index (χ0v) is 11.8. The minimum atomic E-state index is -0.934. The van der Waals surface area contributed by atoms with Gasteiger partial charge in [0.1, 0.15) is 5.60 Å². The molecule has 2 rings (SSSR count). The van der Waals surface area contributed by atoms with Gasteiger partial charge in [-0.15, -0.1) is 19.0 Å². The first-order valence-electron chi connectivity index (χ1n) is 6.00. The average Bonchev–Trinajstić information content (AvgIpc) is 2.82. The van der Waals surface area contributed by atoms with Gasteiger partial charge in [-0.2, -0.15) is 0 Å². The van der Waals surface area contributed by atoms with Crippen LogP contribution < -0.4 is 0 Å². The summed E-state index contributed by atoms with van der Waals surface area (Å²) >= 11 is 0. The molecule has 1 unspecified atom stereocenters. The Morgan fingerprint density at radius 1 is 1.37 bits per heavy atom. The van der Waals surface area contributed by atoms with Gasteiger partial charge in [0.25, 0.3) is 0 Å². The summed E-state index contributed by atoms with van der Waals surface area (Å²) in [6, 6.07) is 7.96. The maximum atomic E-state index is 10.8. The first-order chi connectivity index (χ1) is 8.64. The highest BCUT2D eigenvalue weighted by molar-refractivity contribution is 5.85. The predicted octanol–water partition coefficient (Wildman–Crippen LogP) is 3.08. The van der Waals surface area contributed by atoms with Crippen LogP contribution in [0.5, 0.6) is 0 Å². The van der Waals surface area contributed by atoms with E-state index in [1.165, 1.54) is 5.56 Å². The summed E-state index contributed by atoms with van der Waals surface area (Å²) in [6.07, 6.45) is 7.53. The molecule has 1 heterocycles. The van der Waals surface area contributed by atoms with Crippen LogP contribution in [0.25, 0.3) is 0 Å². The van der Waals surface area contributed by atoms with E-state index in [1.807, 2.05) is 42.0 Å². The summed E-state index contributed by atoms with van der Waals surface area (Å²) < 4.78 is 1.88. The maximum Gasteiger partial charge on any atom is 0.111 e. The highest BCUT2D eigenvalue weighted by Crippen LogP contribution is 2.27. The second kappa shape index (κ2) is 6.55. The van der Waals surface area contributed by atoms with E-state index in [-0.39, 0.29) is 12.4 Å². The molecule has 0 amide bonds. The van der Waals surface area contributed by atoms with Crippen LogP contribution in [-0.2, 0) is 12.1 Å². The summed E-state index contributed by atoms with van der Waals surface area (Å²) in [5.74, 6) is 0. The van der Waals surface area contributed by atoms with Gasteiger partial charge in [0.05, 0.1) is 12.9 Å². The monoisotopic (exact) mass is 278 g/mol. The molecular weight excluding hydrogens is 260 g/mol. The topological polar surface area (TPSA) is 38.0 Å². The third-order valence-electron chi connectivity index (χ3n) is 3.07. The smallest absolute Gasteiger partial charge is 0.111 e. The number of rotatable bonds is 5. The van der Waals surface area contributed by atoms with Crippen LogP contribution in [-0.4, -0.2) is 14.7 Å². The summed E-state index contributed by atoms with van der Waals surface area (Å²) in [7, 11) is 0. The highest BCUT2D eigenvalue weighted by atomic mass is 35.5. The van der Waals surface area contributed by atoms with E-state index in [1.54, 1.807) is 18.6 Å². The molecule has 1 aromatic carbocycles. The lowest BCUT2D eigenvalue weighted by Gasteiger charge is -2.28. The van der Waals surface area contributed by atoms with Crippen LogP contribution in [0.15, 0.2) is 55.6 Å². The van der Waals surface area contributed by atoms with Crippen molar-refractivity contribution in [3.8, 4) is 0 Å². The fourth-order valence-corrected chi connectivity index (χ4v) is 2.06. The van der Waals surface area contributed by atoms with Crippen LogP contribution in [0.1, 0.15) is 17.5 Å². The summed E-state index contributed by atoms with van der Waals surface area (Å²) in [6.45, 7) is 6.24. The Morgan fingerprint density at radius 2 is 2.05 bits per heavy atom. The van der Waals surface area contributed by atoms with E-state index in [4.69, 9.17) is 0 Å². The Kier molecular flexibility index (Phi) is 5.33. The molecule has 0 aliphatic rings. The molecule has 102 valence electrons. The third-order valence-corrected chi connectivity index (χ3v) is 3.07. The van der Waals surface area contributed by atoms with Crippen molar-refractivity contribution in [3.05, 3.63) is 66.8 Å². The van der Waals surface area contributed by atoms with E-state index >= 15 is 0 Å².